The minimum absolute atomic E-state index is 0.0664. The van der Waals surface area contributed by atoms with E-state index in [-0.39, 0.29) is 13.2 Å². The summed E-state index contributed by atoms with van der Waals surface area (Å²) >= 11 is 0. The Kier molecular flexibility index (Phi) is 6.22. The molecule has 0 aromatic heterocycles. The monoisotopic (exact) mass is 330 g/mol. The number of hydrogen-bond acceptors (Lipinski definition) is 2. The van der Waals surface area contributed by atoms with Gasteiger partial charge >= 0.3 is 0 Å². The number of aliphatic hydroxyl groups is 2. The topological polar surface area (TPSA) is 40.5 Å². The molecule has 2 nitrogen and oxygen atoms in total. The lowest BCUT2D eigenvalue weighted by Gasteiger charge is -2.10. The molecule has 0 aliphatic rings. The van der Waals surface area contributed by atoms with Crippen molar-refractivity contribution >= 4 is 16.1 Å². The van der Waals surface area contributed by atoms with Crippen LogP contribution in [0.15, 0.2) is 12.1 Å². The summed E-state index contributed by atoms with van der Waals surface area (Å²) in [7, 11) is -2.97. The lowest BCUT2D eigenvalue weighted by Crippen LogP contribution is -2.16. The molecular formula is C18H26O2Si2. The van der Waals surface area contributed by atoms with Crippen molar-refractivity contribution in [3.8, 4) is 22.9 Å². The van der Waals surface area contributed by atoms with E-state index < -0.39 is 16.1 Å². The molecule has 0 aliphatic carbocycles. The normalized spacial score (nSPS) is 11.3. The lowest BCUT2D eigenvalue weighted by atomic mass is 9.99. The largest absolute Gasteiger partial charge is 0.392 e. The van der Waals surface area contributed by atoms with Crippen molar-refractivity contribution < 1.29 is 10.2 Å². The van der Waals surface area contributed by atoms with E-state index in [2.05, 4.69) is 62.2 Å². The smallest absolute Gasteiger partial charge is 0.129 e. The Bertz CT molecular complexity index is 597. The molecule has 0 unspecified atom stereocenters. The molecule has 4 heteroatoms. The van der Waals surface area contributed by atoms with Gasteiger partial charge in [-0.3, -0.25) is 0 Å². The molecule has 0 radical (unpaired) electrons. The lowest BCUT2D eigenvalue weighted by molar-refractivity contribution is 0.277. The van der Waals surface area contributed by atoms with Crippen LogP contribution < -0.4 is 0 Å². The predicted octanol–water partition coefficient (Wildman–Crippen LogP) is 3.13. The summed E-state index contributed by atoms with van der Waals surface area (Å²) < 4.78 is 0. The van der Waals surface area contributed by atoms with Crippen molar-refractivity contribution in [2.45, 2.75) is 52.5 Å². The molecule has 22 heavy (non-hydrogen) atoms. The van der Waals surface area contributed by atoms with Crippen LogP contribution in [0.3, 0.4) is 0 Å². The molecule has 0 amide bonds. The van der Waals surface area contributed by atoms with Crippen molar-refractivity contribution in [3.05, 3.63) is 34.4 Å². The van der Waals surface area contributed by atoms with Crippen molar-refractivity contribution in [1.82, 2.24) is 0 Å². The summed E-state index contributed by atoms with van der Waals surface area (Å²) in [5.74, 6) is 6.36. The first-order chi connectivity index (χ1) is 10.1. The molecule has 0 aliphatic heterocycles. The first-order valence-corrected chi connectivity index (χ1v) is 14.5. The van der Waals surface area contributed by atoms with E-state index in [1.807, 2.05) is 12.1 Å². The Morgan fingerprint density at radius 2 is 1.05 bits per heavy atom. The van der Waals surface area contributed by atoms with E-state index in [4.69, 9.17) is 0 Å². The van der Waals surface area contributed by atoms with Gasteiger partial charge in [-0.05, 0) is 23.3 Å². The second-order valence-electron chi connectivity index (χ2n) is 7.48. The summed E-state index contributed by atoms with van der Waals surface area (Å²) in [6, 6.07) is 3.74. The van der Waals surface area contributed by atoms with Crippen LogP contribution in [0.25, 0.3) is 0 Å². The Balaban J connectivity index is 3.40. The highest BCUT2D eigenvalue weighted by Gasteiger charge is 2.11. The van der Waals surface area contributed by atoms with Gasteiger partial charge in [0.1, 0.15) is 16.1 Å². The molecule has 0 saturated heterocycles. The third-order valence-electron chi connectivity index (χ3n) is 2.81. The second kappa shape index (κ2) is 7.31. The van der Waals surface area contributed by atoms with Crippen LogP contribution >= 0.6 is 0 Å². The van der Waals surface area contributed by atoms with Gasteiger partial charge < -0.3 is 10.2 Å². The number of hydrogen-bond donors (Lipinski definition) is 2. The van der Waals surface area contributed by atoms with Crippen molar-refractivity contribution in [2.24, 2.45) is 0 Å². The highest BCUT2D eigenvalue weighted by atomic mass is 28.3. The highest BCUT2D eigenvalue weighted by Crippen LogP contribution is 2.17. The zero-order valence-corrected chi connectivity index (χ0v) is 16.5. The van der Waals surface area contributed by atoms with Crippen molar-refractivity contribution in [2.75, 3.05) is 0 Å². The third-order valence-corrected chi connectivity index (χ3v) is 4.56. The first-order valence-electron chi connectivity index (χ1n) is 7.49. The summed E-state index contributed by atoms with van der Waals surface area (Å²) in [4.78, 5) is 0. The summed E-state index contributed by atoms with van der Waals surface area (Å²) in [6.07, 6.45) is 0. The molecule has 0 heterocycles. The fourth-order valence-electron chi connectivity index (χ4n) is 1.69. The zero-order valence-electron chi connectivity index (χ0n) is 14.5. The summed E-state index contributed by atoms with van der Waals surface area (Å²) in [5.41, 5.74) is 9.77. The standard InChI is InChI=1S/C18H26O2Si2/c1-21(2,3)9-7-15-11-18(14-20)16(12-17(15)13-19)8-10-22(4,5)6/h11-12,19-20H,13-14H2,1-6H3. The maximum Gasteiger partial charge on any atom is 0.129 e. The maximum atomic E-state index is 9.61. The first kappa shape index (κ1) is 18.7. The Morgan fingerprint density at radius 1 is 0.727 bits per heavy atom. The molecule has 118 valence electrons. The quantitative estimate of drug-likeness (QED) is 0.646. The predicted molar refractivity (Wildman–Crippen MR) is 98.7 cm³/mol. The van der Waals surface area contributed by atoms with Crippen LogP contribution in [0.1, 0.15) is 22.3 Å². The molecule has 1 aromatic carbocycles. The van der Waals surface area contributed by atoms with E-state index in [0.29, 0.717) is 0 Å². The van der Waals surface area contributed by atoms with Crippen LogP contribution in [-0.4, -0.2) is 26.4 Å². The van der Waals surface area contributed by atoms with Gasteiger partial charge in [0.15, 0.2) is 0 Å². The number of rotatable bonds is 2. The van der Waals surface area contributed by atoms with E-state index in [1.165, 1.54) is 0 Å². The second-order valence-corrected chi connectivity index (χ2v) is 17.0. The SMILES string of the molecule is C[Si](C)(C)C#Cc1cc(CO)c(C#C[Si](C)(C)C)cc1CO. The number of benzene rings is 1. The average Bonchev–Trinajstić information content (AvgIpc) is 2.40. The molecule has 1 rings (SSSR count). The Hall–Kier alpha value is -1.31. The van der Waals surface area contributed by atoms with Gasteiger partial charge in [0, 0.05) is 11.1 Å². The van der Waals surface area contributed by atoms with E-state index >= 15 is 0 Å². The molecule has 1 aromatic rings. The van der Waals surface area contributed by atoms with Gasteiger partial charge in [0.25, 0.3) is 0 Å². The van der Waals surface area contributed by atoms with Crippen molar-refractivity contribution in [1.29, 1.82) is 0 Å². The maximum absolute atomic E-state index is 9.61. The summed E-state index contributed by atoms with van der Waals surface area (Å²) in [6.45, 7) is 12.9. The molecule has 0 bridgehead atoms. The molecule has 0 atom stereocenters. The van der Waals surface area contributed by atoms with Crippen LogP contribution in [0.4, 0.5) is 0 Å². The Labute approximate surface area is 136 Å². The minimum atomic E-state index is -1.48. The van der Waals surface area contributed by atoms with E-state index in [9.17, 15) is 10.2 Å². The molecule has 0 saturated carbocycles. The fraction of sp³-hybridized carbons (Fsp3) is 0.444. The van der Waals surface area contributed by atoms with Crippen LogP contribution in [0.5, 0.6) is 0 Å². The van der Waals surface area contributed by atoms with Gasteiger partial charge in [-0.25, -0.2) is 0 Å². The zero-order chi connectivity index (χ0) is 17.0. The third kappa shape index (κ3) is 6.21. The van der Waals surface area contributed by atoms with Gasteiger partial charge in [-0.1, -0.05) is 51.1 Å². The van der Waals surface area contributed by atoms with Gasteiger partial charge in [-0.2, -0.15) is 0 Å². The van der Waals surface area contributed by atoms with Gasteiger partial charge in [0.2, 0.25) is 0 Å². The molecular weight excluding hydrogens is 304 g/mol. The summed E-state index contributed by atoms with van der Waals surface area (Å²) in [5, 5.41) is 19.2. The average molecular weight is 331 g/mol. The van der Waals surface area contributed by atoms with Gasteiger partial charge in [-0.15, -0.1) is 11.1 Å². The number of aliphatic hydroxyl groups excluding tert-OH is 2. The van der Waals surface area contributed by atoms with E-state index in [0.717, 1.165) is 22.3 Å². The molecule has 2 N–H and O–H groups in total. The van der Waals surface area contributed by atoms with Crippen LogP contribution in [-0.2, 0) is 13.2 Å². The fourth-order valence-corrected chi connectivity index (χ4v) is 2.71. The molecule has 0 fully saturated rings. The highest BCUT2D eigenvalue weighted by molar-refractivity contribution is 6.84. The van der Waals surface area contributed by atoms with Crippen molar-refractivity contribution in [3.63, 3.8) is 0 Å². The molecule has 0 spiro atoms. The minimum Gasteiger partial charge on any atom is -0.392 e. The van der Waals surface area contributed by atoms with Gasteiger partial charge in [0.05, 0.1) is 13.2 Å². The Morgan fingerprint density at radius 3 is 1.27 bits per heavy atom. The van der Waals surface area contributed by atoms with Crippen LogP contribution in [0, 0.1) is 22.9 Å². The van der Waals surface area contributed by atoms with Crippen LogP contribution in [0.2, 0.25) is 39.3 Å². The van der Waals surface area contributed by atoms with E-state index in [1.54, 1.807) is 0 Å².